The van der Waals surface area contributed by atoms with Crippen molar-refractivity contribution in [3.05, 3.63) is 35.4 Å². The number of hydrogen-bond acceptors (Lipinski definition) is 2. The normalized spacial score (nSPS) is 13.1. The average molecular weight is 255 g/mol. The molecule has 0 radical (unpaired) electrons. The second-order valence-corrected chi connectivity index (χ2v) is 7.56. The van der Waals surface area contributed by atoms with Gasteiger partial charge in [-0.05, 0) is 16.5 Å². The number of sulfonamides is 1. The molecule has 4 heteroatoms. The summed E-state index contributed by atoms with van der Waals surface area (Å²) in [5.74, 6) is 0. The van der Waals surface area contributed by atoms with Crippen LogP contribution in [0.4, 0.5) is 0 Å². The maximum absolute atomic E-state index is 11.3. The van der Waals surface area contributed by atoms with Crippen LogP contribution in [0.2, 0.25) is 0 Å². The van der Waals surface area contributed by atoms with Crippen LogP contribution in [-0.4, -0.2) is 26.0 Å². The first-order valence-electron chi connectivity index (χ1n) is 5.61. The summed E-state index contributed by atoms with van der Waals surface area (Å²) in [6, 6.07) is 8.08. The average Bonchev–Trinajstić information content (AvgIpc) is 2.15. The predicted octanol–water partition coefficient (Wildman–Crippen LogP) is 2.38. The summed E-state index contributed by atoms with van der Waals surface area (Å²) in [7, 11) is -1.52. The van der Waals surface area contributed by atoms with Gasteiger partial charge in [0, 0.05) is 13.6 Å². The third-order valence-electron chi connectivity index (χ3n) is 2.76. The molecule has 0 aliphatic carbocycles. The van der Waals surface area contributed by atoms with Crippen molar-refractivity contribution in [1.29, 1.82) is 0 Å². The second kappa shape index (κ2) is 4.78. The smallest absolute Gasteiger partial charge is 0.211 e. The van der Waals surface area contributed by atoms with Gasteiger partial charge in [0.05, 0.1) is 6.26 Å². The van der Waals surface area contributed by atoms with Gasteiger partial charge in [0.15, 0.2) is 0 Å². The van der Waals surface area contributed by atoms with Crippen molar-refractivity contribution in [3.8, 4) is 0 Å². The van der Waals surface area contributed by atoms with Crippen molar-refractivity contribution in [1.82, 2.24) is 4.31 Å². The molecule has 0 saturated carbocycles. The monoisotopic (exact) mass is 255 g/mol. The minimum atomic E-state index is -3.12. The molecule has 0 atom stereocenters. The fourth-order valence-electron chi connectivity index (χ4n) is 1.51. The lowest BCUT2D eigenvalue weighted by Gasteiger charge is -2.21. The summed E-state index contributed by atoms with van der Waals surface area (Å²) in [4.78, 5) is 0. The zero-order valence-corrected chi connectivity index (χ0v) is 12.0. The molecule has 1 aromatic carbocycles. The van der Waals surface area contributed by atoms with Crippen molar-refractivity contribution >= 4 is 10.0 Å². The van der Waals surface area contributed by atoms with Crippen LogP contribution in [0, 0.1) is 0 Å². The molecule has 0 heterocycles. The van der Waals surface area contributed by atoms with E-state index in [4.69, 9.17) is 0 Å². The minimum Gasteiger partial charge on any atom is -0.213 e. The lowest BCUT2D eigenvalue weighted by Crippen LogP contribution is -2.25. The molecule has 17 heavy (non-hydrogen) atoms. The Kier molecular flexibility index (Phi) is 3.99. The van der Waals surface area contributed by atoms with E-state index in [1.807, 2.05) is 12.1 Å². The first kappa shape index (κ1) is 14.2. The molecule has 0 bridgehead atoms. The third-order valence-corrected chi connectivity index (χ3v) is 4.03. The molecular formula is C13H21NO2S. The molecule has 1 rings (SSSR count). The molecule has 0 spiro atoms. The Morgan fingerprint density at radius 1 is 1.24 bits per heavy atom. The van der Waals surface area contributed by atoms with Gasteiger partial charge in [-0.25, -0.2) is 12.7 Å². The van der Waals surface area contributed by atoms with Gasteiger partial charge in [0.1, 0.15) is 0 Å². The summed E-state index contributed by atoms with van der Waals surface area (Å²) in [5, 5.41) is 0. The van der Waals surface area contributed by atoms with Crippen LogP contribution in [-0.2, 0) is 22.0 Å². The molecule has 0 saturated heterocycles. The number of hydrogen-bond donors (Lipinski definition) is 0. The highest BCUT2D eigenvalue weighted by atomic mass is 32.2. The van der Waals surface area contributed by atoms with Crippen LogP contribution in [0.1, 0.15) is 31.9 Å². The van der Waals surface area contributed by atoms with E-state index in [1.165, 1.54) is 16.1 Å². The van der Waals surface area contributed by atoms with E-state index in [9.17, 15) is 8.42 Å². The van der Waals surface area contributed by atoms with Crippen molar-refractivity contribution in [2.75, 3.05) is 13.3 Å². The third kappa shape index (κ3) is 4.13. The van der Waals surface area contributed by atoms with E-state index in [-0.39, 0.29) is 5.41 Å². The van der Waals surface area contributed by atoms with Crippen molar-refractivity contribution in [3.63, 3.8) is 0 Å². The highest BCUT2D eigenvalue weighted by molar-refractivity contribution is 7.88. The van der Waals surface area contributed by atoms with Crippen LogP contribution in [0.3, 0.4) is 0 Å². The van der Waals surface area contributed by atoms with Gasteiger partial charge < -0.3 is 0 Å². The zero-order valence-electron chi connectivity index (χ0n) is 11.2. The second-order valence-electron chi connectivity index (χ2n) is 5.47. The van der Waals surface area contributed by atoms with E-state index < -0.39 is 10.0 Å². The quantitative estimate of drug-likeness (QED) is 0.831. The van der Waals surface area contributed by atoms with Crippen LogP contribution >= 0.6 is 0 Å². The SMILES string of the molecule is CN(Cc1cccc(C(C)(C)C)c1)S(C)(=O)=O. The van der Waals surface area contributed by atoms with Gasteiger partial charge in [-0.3, -0.25) is 0 Å². The van der Waals surface area contributed by atoms with E-state index in [0.29, 0.717) is 6.54 Å². The van der Waals surface area contributed by atoms with Gasteiger partial charge in [-0.1, -0.05) is 45.0 Å². The Morgan fingerprint density at radius 2 is 1.82 bits per heavy atom. The first-order valence-corrected chi connectivity index (χ1v) is 7.46. The molecule has 0 aliphatic rings. The van der Waals surface area contributed by atoms with Gasteiger partial charge in [-0.15, -0.1) is 0 Å². The summed E-state index contributed by atoms with van der Waals surface area (Å²) in [5.41, 5.74) is 2.32. The fraction of sp³-hybridized carbons (Fsp3) is 0.538. The maximum Gasteiger partial charge on any atom is 0.211 e. The Bertz CT molecular complexity index is 486. The molecule has 1 aromatic rings. The molecule has 0 N–H and O–H groups in total. The molecule has 96 valence electrons. The number of rotatable bonds is 3. The Balaban J connectivity index is 2.95. The molecule has 3 nitrogen and oxygen atoms in total. The topological polar surface area (TPSA) is 37.4 Å². The molecule has 0 unspecified atom stereocenters. The highest BCUT2D eigenvalue weighted by Gasteiger charge is 2.15. The van der Waals surface area contributed by atoms with Crippen LogP contribution in [0.5, 0.6) is 0 Å². The highest BCUT2D eigenvalue weighted by Crippen LogP contribution is 2.23. The Morgan fingerprint density at radius 3 is 2.29 bits per heavy atom. The fourth-order valence-corrected chi connectivity index (χ4v) is 1.89. The van der Waals surface area contributed by atoms with E-state index >= 15 is 0 Å². The summed E-state index contributed by atoms with van der Waals surface area (Å²) < 4.78 is 24.0. The molecular weight excluding hydrogens is 234 g/mol. The lowest BCUT2D eigenvalue weighted by molar-refractivity contribution is 0.471. The molecule has 0 aliphatic heterocycles. The van der Waals surface area contributed by atoms with Gasteiger partial charge >= 0.3 is 0 Å². The largest absolute Gasteiger partial charge is 0.213 e. The first-order chi connectivity index (χ1) is 7.60. The lowest BCUT2D eigenvalue weighted by atomic mass is 9.86. The van der Waals surface area contributed by atoms with Crippen molar-refractivity contribution in [2.24, 2.45) is 0 Å². The van der Waals surface area contributed by atoms with Crippen molar-refractivity contribution in [2.45, 2.75) is 32.7 Å². The van der Waals surface area contributed by atoms with Crippen LogP contribution in [0.15, 0.2) is 24.3 Å². The van der Waals surface area contributed by atoms with Crippen LogP contribution in [0.25, 0.3) is 0 Å². The summed E-state index contributed by atoms with van der Waals surface area (Å²) in [6.07, 6.45) is 1.22. The van der Waals surface area contributed by atoms with Gasteiger partial charge in [0.2, 0.25) is 10.0 Å². The van der Waals surface area contributed by atoms with Crippen molar-refractivity contribution < 1.29 is 8.42 Å². The Hall–Kier alpha value is -0.870. The zero-order chi connectivity index (χ0) is 13.3. The van der Waals surface area contributed by atoms with Gasteiger partial charge in [0.25, 0.3) is 0 Å². The Labute approximate surface area is 105 Å². The standard InChI is InChI=1S/C13H21NO2S/c1-13(2,3)12-8-6-7-11(9-12)10-14(4)17(5,15)16/h6-9H,10H2,1-5H3. The molecule has 0 aromatic heterocycles. The number of nitrogens with zero attached hydrogens (tertiary/aromatic N) is 1. The maximum atomic E-state index is 11.3. The summed E-state index contributed by atoms with van der Waals surface area (Å²) >= 11 is 0. The van der Waals surface area contributed by atoms with Gasteiger partial charge in [-0.2, -0.15) is 0 Å². The van der Waals surface area contributed by atoms with E-state index in [0.717, 1.165) is 5.56 Å². The molecule has 0 amide bonds. The predicted molar refractivity (Wildman–Crippen MR) is 71.5 cm³/mol. The van der Waals surface area contributed by atoms with E-state index in [2.05, 4.69) is 32.9 Å². The van der Waals surface area contributed by atoms with Crippen LogP contribution < -0.4 is 0 Å². The van der Waals surface area contributed by atoms with E-state index in [1.54, 1.807) is 7.05 Å². The summed E-state index contributed by atoms with van der Waals surface area (Å²) in [6.45, 7) is 6.86. The minimum absolute atomic E-state index is 0.0830. The molecule has 0 fully saturated rings. The number of benzene rings is 1.